The first-order valence-electron chi connectivity index (χ1n) is 7.02. The number of carbonyl (C=O) groups excluding carboxylic acids is 1. The summed E-state index contributed by atoms with van der Waals surface area (Å²) >= 11 is 0. The molecule has 1 amide bonds. The lowest BCUT2D eigenvalue weighted by atomic mass is 9.88. The third kappa shape index (κ3) is 2.47. The van der Waals surface area contributed by atoms with Crippen molar-refractivity contribution in [1.82, 2.24) is 15.3 Å². The van der Waals surface area contributed by atoms with Crippen molar-refractivity contribution in [2.24, 2.45) is 17.6 Å². The third-order valence-corrected chi connectivity index (χ3v) is 4.56. The Morgan fingerprint density at radius 1 is 1.50 bits per heavy atom. The number of nitrogens with zero attached hydrogens (tertiary/aromatic N) is 2. The number of hydrogen-bond acceptors (Lipinski definition) is 5. The van der Waals surface area contributed by atoms with Crippen LogP contribution < -0.4 is 15.8 Å². The molecule has 0 aromatic carbocycles. The van der Waals surface area contributed by atoms with Crippen LogP contribution in [-0.4, -0.2) is 35.1 Å². The topological polar surface area (TPSA) is 90.1 Å². The molecule has 2 heterocycles. The van der Waals surface area contributed by atoms with Gasteiger partial charge in [-0.3, -0.25) is 4.79 Å². The maximum Gasteiger partial charge on any atom is 0.220 e. The van der Waals surface area contributed by atoms with Crippen molar-refractivity contribution >= 4 is 5.91 Å². The minimum absolute atomic E-state index is 0.0121. The van der Waals surface area contributed by atoms with Crippen LogP contribution in [0, 0.1) is 11.8 Å². The predicted molar refractivity (Wildman–Crippen MR) is 73.0 cm³/mol. The van der Waals surface area contributed by atoms with Gasteiger partial charge >= 0.3 is 0 Å². The fourth-order valence-electron chi connectivity index (χ4n) is 3.24. The zero-order valence-electron chi connectivity index (χ0n) is 11.6. The highest BCUT2D eigenvalue weighted by Crippen LogP contribution is 2.51. The first-order chi connectivity index (χ1) is 9.63. The van der Waals surface area contributed by atoms with Gasteiger partial charge in [0.15, 0.2) is 5.75 Å². The summed E-state index contributed by atoms with van der Waals surface area (Å²) in [5.74, 6) is 1.84. The van der Waals surface area contributed by atoms with Gasteiger partial charge in [-0.15, -0.1) is 0 Å². The molecule has 3 N–H and O–H groups in total. The molecule has 1 aliphatic heterocycles. The summed E-state index contributed by atoms with van der Waals surface area (Å²) < 4.78 is 5.05. The number of ether oxygens (including phenoxy) is 1. The maximum absolute atomic E-state index is 11.4. The Bertz CT molecular complexity index is 504. The second kappa shape index (κ2) is 5.01. The lowest BCUT2D eigenvalue weighted by Gasteiger charge is -2.29. The molecular weight excluding hydrogens is 256 g/mol. The van der Waals surface area contributed by atoms with Gasteiger partial charge in [0.2, 0.25) is 5.91 Å². The molecule has 0 bridgehead atoms. The number of amides is 1. The number of nitrogens with one attached hydrogen (secondary N) is 1. The van der Waals surface area contributed by atoms with Crippen molar-refractivity contribution < 1.29 is 9.53 Å². The van der Waals surface area contributed by atoms with E-state index >= 15 is 0 Å². The Labute approximate surface area is 118 Å². The lowest BCUT2D eigenvalue weighted by molar-refractivity contribution is -0.123. The molecule has 1 saturated heterocycles. The highest BCUT2D eigenvalue weighted by atomic mass is 16.5. The molecule has 1 aromatic rings. The molecule has 20 heavy (non-hydrogen) atoms. The van der Waals surface area contributed by atoms with E-state index < -0.39 is 0 Å². The molecule has 3 atom stereocenters. The van der Waals surface area contributed by atoms with Crippen LogP contribution in [0.2, 0.25) is 0 Å². The first kappa shape index (κ1) is 13.3. The Morgan fingerprint density at radius 3 is 2.90 bits per heavy atom. The van der Waals surface area contributed by atoms with E-state index in [-0.39, 0.29) is 17.4 Å². The fraction of sp³-hybridized carbons (Fsp3) is 0.643. The van der Waals surface area contributed by atoms with Gasteiger partial charge < -0.3 is 15.8 Å². The molecular formula is C14H20N4O2. The predicted octanol–water partition coefficient (Wildman–Crippen LogP) is 0.271. The van der Waals surface area contributed by atoms with Crippen molar-refractivity contribution in [1.29, 1.82) is 0 Å². The number of aromatic nitrogens is 2. The van der Waals surface area contributed by atoms with Crippen LogP contribution in [0.3, 0.4) is 0 Å². The van der Waals surface area contributed by atoms with E-state index in [2.05, 4.69) is 15.3 Å². The van der Waals surface area contributed by atoms with Gasteiger partial charge in [-0.05, 0) is 31.7 Å². The minimum atomic E-state index is -0.169. The van der Waals surface area contributed by atoms with E-state index in [0.29, 0.717) is 11.7 Å². The maximum atomic E-state index is 11.4. The normalized spacial score (nSPS) is 32.0. The molecule has 1 aromatic heterocycles. The van der Waals surface area contributed by atoms with E-state index in [4.69, 9.17) is 10.5 Å². The van der Waals surface area contributed by atoms with Gasteiger partial charge in [0.25, 0.3) is 0 Å². The molecule has 2 fully saturated rings. The highest BCUT2D eigenvalue weighted by Gasteiger charge is 2.56. The summed E-state index contributed by atoms with van der Waals surface area (Å²) in [6.07, 6.45) is 7.00. The van der Waals surface area contributed by atoms with Crippen LogP contribution in [0.25, 0.3) is 0 Å². The quantitative estimate of drug-likeness (QED) is 0.824. The van der Waals surface area contributed by atoms with Crippen LogP contribution in [0.5, 0.6) is 5.75 Å². The van der Waals surface area contributed by atoms with Crippen molar-refractivity contribution in [3.8, 4) is 5.75 Å². The number of hydrogen-bond donors (Lipinski definition) is 2. The molecule has 108 valence electrons. The minimum Gasteiger partial charge on any atom is -0.494 e. The second-order valence-corrected chi connectivity index (χ2v) is 5.82. The van der Waals surface area contributed by atoms with Gasteiger partial charge in [0.1, 0.15) is 5.82 Å². The number of nitrogens with two attached hydrogens (primary N) is 1. The summed E-state index contributed by atoms with van der Waals surface area (Å²) in [7, 11) is 1.60. The van der Waals surface area contributed by atoms with Crippen LogP contribution in [0.15, 0.2) is 12.4 Å². The Balaban J connectivity index is 1.61. The van der Waals surface area contributed by atoms with Gasteiger partial charge in [0.05, 0.1) is 19.5 Å². The summed E-state index contributed by atoms with van der Waals surface area (Å²) in [5, 5.41) is 3.56. The standard InChI is InChI=1S/C14H20N4O2/c1-20-11-7-16-12(17-8-11)4-10-6-14(10)5-9(13(15)19)2-3-18-14/h7-10,18H,2-6H2,1H3,(H2,15,19). The van der Waals surface area contributed by atoms with Gasteiger partial charge in [-0.1, -0.05) is 0 Å². The van der Waals surface area contributed by atoms with Crippen molar-refractivity contribution in [2.75, 3.05) is 13.7 Å². The number of rotatable bonds is 4. The van der Waals surface area contributed by atoms with E-state index in [1.165, 1.54) is 0 Å². The van der Waals surface area contributed by atoms with E-state index in [9.17, 15) is 4.79 Å². The fourth-order valence-corrected chi connectivity index (χ4v) is 3.24. The zero-order chi connectivity index (χ0) is 14.2. The third-order valence-electron chi connectivity index (χ3n) is 4.56. The van der Waals surface area contributed by atoms with E-state index in [1.807, 2.05) is 0 Å². The van der Waals surface area contributed by atoms with Crippen molar-refractivity contribution in [3.05, 3.63) is 18.2 Å². The van der Waals surface area contributed by atoms with Gasteiger partial charge in [-0.25, -0.2) is 9.97 Å². The van der Waals surface area contributed by atoms with Gasteiger partial charge in [-0.2, -0.15) is 0 Å². The molecule has 6 nitrogen and oxygen atoms in total. The van der Waals surface area contributed by atoms with Crippen LogP contribution in [0.4, 0.5) is 0 Å². The number of piperidine rings is 1. The summed E-state index contributed by atoms with van der Waals surface area (Å²) in [5.41, 5.74) is 5.53. The van der Waals surface area contributed by atoms with Crippen LogP contribution in [-0.2, 0) is 11.2 Å². The molecule has 6 heteroatoms. The van der Waals surface area contributed by atoms with Crippen LogP contribution >= 0.6 is 0 Å². The largest absolute Gasteiger partial charge is 0.494 e. The smallest absolute Gasteiger partial charge is 0.220 e. The first-order valence-corrected chi connectivity index (χ1v) is 7.02. The SMILES string of the molecule is COc1cnc(CC2CC23CC(C(N)=O)CCN3)nc1. The Kier molecular flexibility index (Phi) is 3.33. The monoisotopic (exact) mass is 276 g/mol. The molecule has 1 spiro atoms. The average Bonchev–Trinajstić information content (AvgIpc) is 3.11. The Hall–Kier alpha value is -1.69. The zero-order valence-corrected chi connectivity index (χ0v) is 11.6. The molecule has 1 aliphatic carbocycles. The van der Waals surface area contributed by atoms with E-state index in [0.717, 1.165) is 38.1 Å². The molecule has 0 radical (unpaired) electrons. The number of carbonyl (C=O) groups is 1. The number of methoxy groups -OCH3 is 1. The van der Waals surface area contributed by atoms with Crippen molar-refractivity contribution in [3.63, 3.8) is 0 Å². The second-order valence-electron chi connectivity index (χ2n) is 5.82. The number of primary amides is 1. The van der Waals surface area contributed by atoms with Crippen LogP contribution in [0.1, 0.15) is 25.1 Å². The Morgan fingerprint density at radius 2 is 2.25 bits per heavy atom. The lowest BCUT2D eigenvalue weighted by Crippen LogP contribution is -2.45. The summed E-state index contributed by atoms with van der Waals surface area (Å²) in [4.78, 5) is 20.0. The van der Waals surface area contributed by atoms with Crippen molar-refractivity contribution in [2.45, 2.75) is 31.2 Å². The summed E-state index contributed by atoms with van der Waals surface area (Å²) in [6, 6.07) is 0. The van der Waals surface area contributed by atoms with Gasteiger partial charge in [0, 0.05) is 17.9 Å². The molecule has 3 rings (SSSR count). The molecule has 2 aliphatic rings. The van der Waals surface area contributed by atoms with E-state index in [1.54, 1.807) is 19.5 Å². The average molecular weight is 276 g/mol. The molecule has 1 saturated carbocycles. The molecule has 3 unspecified atom stereocenters. The highest BCUT2D eigenvalue weighted by molar-refractivity contribution is 5.77. The summed E-state index contributed by atoms with van der Waals surface area (Å²) in [6.45, 7) is 0.869.